The quantitative estimate of drug-likeness (QED) is 0.912. The van der Waals surface area contributed by atoms with Crippen LogP contribution in [0.25, 0.3) is 0 Å². The van der Waals surface area contributed by atoms with E-state index in [1.165, 1.54) is 29.8 Å². The maximum Gasteiger partial charge on any atom is 0.0594 e. The minimum atomic E-state index is 0.899. The highest BCUT2D eigenvalue weighted by Gasteiger charge is 2.15. The Hall–Kier alpha value is -1.10. The largest absolute Gasteiger partial charge is 0.379 e. The van der Waals surface area contributed by atoms with Crippen LogP contribution in [-0.2, 0) is 11.3 Å². The molecule has 2 aliphatic rings. The van der Waals surface area contributed by atoms with Crippen molar-refractivity contribution in [1.82, 2.24) is 10.2 Å². The molecule has 0 unspecified atom stereocenters. The van der Waals surface area contributed by atoms with Crippen LogP contribution in [-0.4, -0.2) is 57.4 Å². The van der Waals surface area contributed by atoms with Crippen LogP contribution in [0, 0.1) is 6.92 Å². The molecule has 4 nitrogen and oxygen atoms in total. The number of anilines is 1. The lowest BCUT2D eigenvalue weighted by Gasteiger charge is -2.29. The first-order chi connectivity index (χ1) is 10.3. The average Bonchev–Trinajstić information content (AvgIpc) is 2.70. The van der Waals surface area contributed by atoms with Crippen molar-refractivity contribution in [3.05, 3.63) is 29.3 Å². The van der Waals surface area contributed by atoms with E-state index in [0.29, 0.717) is 0 Å². The highest BCUT2D eigenvalue weighted by atomic mass is 16.5. The van der Waals surface area contributed by atoms with E-state index in [0.717, 1.165) is 52.5 Å². The molecule has 1 aromatic rings. The van der Waals surface area contributed by atoms with E-state index in [-0.39, 0.29) is 0 Å². The van der Waals surface area contributed by atoms with Gasteiger partial charge >= 0.3 is 0 Å². The molecule has 1 aromatic carbocycles. The average molecular weight is 289 g/mol. The summed E-state index contributed by atoms with van der Waals surface area (Å²) < 4.78 is 5.41. The third-order valence-electron chi connectivity index (χ3n) is 4.46. The van der Waals surface area contributed by atoms with Crippen molar-refractivity contribution in [2.75, 3.05) is 57.4 Å². The van der Waals surface area contributed by atoms with Gasteiger partial charge in [-0.3, -0.25) is 4.90 Å². The molecule has 21 heavy (non-hydrogen) atoms. The van der Waals surface area contributed by atoms with Gasteiger partial charge in [0, 0.05) is 51.5 Å². The highest BCUT2D eigenvalue weighted by Crippen LogP contribution is 2.23. The molecule has 0 aliphatic carbocycles. The Bertz CT molecular complexity index is 457. The Kier molecular flexibility index (Phi) is 5.12. The van der Waals surface area contributed by atoms with Gasteiger partial charge in [0.1, 0.15) is 0 Å². The number of hydrogen-bond acceptors (Lipinski definition) is 4. The Morgan fingerprint density at radius 1 is 1.14 bits per heavy atom. The van der Waals surface area contributed by atoms with E-state index in [4.69, 9.17) is 4.74 Å². The van der Waals surface area contributed by atoms with Crippen LogP contribution in [0.1, 0.15) is 17.5 Å². The van der Waals surface area contributed by atoms with Gasteiger partial charge in [-0.15, -0.1) is 0 Å². The molecule has 3 rings (SSSR count). The third-order valence-corrected chi connectivity index (χ3v) is 4.46. The van der Waals surface area contributed by atoms with Crippen LogP contribution >= 0.6 is 0 Å². The van der Waals surface area contributed by atoms with Crippen molar-refractivity contribution in [3.63, 3.8) is 0 Å². The first kappa shape index (κ1) is 14.8. The minimum Gasteiger partial charge on any atom is -0.379 e. The van der Waals surface area contributed by atoms with Crippen LogP contribution < -0.4 is 10.2 Å². The number of hydrogen-bond donors (Lipinski definition) is 1. The summed E-state index contributed by atoms with van der Waals surface area (Å²) >= 11 is 0. The molecule has 1 N–H and O–H groups in total. The van der Waals surface area contributed by atoms with Gasteiger partial charge in [-0.1, -0.05) is 17.7 Å². The summed E-state index contributed by atoms with van der Waals surface area (Å²) in [4.78, 5) is 5.07. The predicted molar refractivity (Wildman–Crippen MR) is 87.0 cm³/mol. The van der Waals surface area contributed by atoms with E-state index in [2.05, 4.69) is 40.2 Å². The molecule has 2 aliphatic heterocycles. The molecule has 4 heteroatoms. The summed E-state index contributed by atoms with van der Waals surface area (Å²) in [5.74, 6) is 0. The molecule has 0 spiro atoms. The topological polar surface area (TPSA) is 27.7 Å². The van der Waals surface area contributed by atoms with E-state index in [9.17, 15) is 0 Å². The Labute approximate surface area is 128 Å². The van der Waals surface area contributed by atoms with Crippen LogP contribution in [0.4, 0.5) is 5.69 Å². The summed E-state index contributed by atoms with van der Waals surface area (Å²) in [6, 6.07) is 6.86. The Balaban J connectivity index is 1.57. The van der Waals surface area contributed by atoms with Gasteiger partial charge in [0.15, 0.2) is 0 Å². The maximum atomic E-state index is 5.41. The van der Waals surface area contributed by atoms with Gasteiger partial charge in [-0.25, -0.2) is 0 Å². The van der Waals surface area contributed by atoms with Crippen LogP contribution in [0.5, 0.6) is 0 Å². The lowest BCUT2D eigenvalue weighted by molar-refractivity contribution is 0.0376. The number of ether oxygens (including phenoxy) is 1. The normalized spacial score (nSPS) is 20.1. The minimum absolute atomic E-state index is 0.899. The van der Waals surface area contributed by atoms with Crippen molar-refractivity contribution in [3.8, 4) is 0 Å². The molecule has 0 aromatic heterocycles. The van der Waals surface area contributed by atoms with Crippen molar-refractivity contribution in [1.29, 1.82) is 0 Å². The first-order valence-corrected chi connectivity index (χ1v) is 8.18. The van der Waals surface area contributed by atoms with Crippen LogP contribution in [0.3, 0.4) is 0 Å². The molecular formula is C17H27N3O. The van der Waals surface area contributed by atoms with E-state index >= 15 is 0 Å². The van der Waals surface area contributed by atoms with Crippen molar-refractivity contribution in [2.24, 2.45) is 0 Å². The van der Waals surface area contributed by atoms with Crippen molar-refractivity contribution in [2.45, 2.75) is 19.9 Å². The molecule has 0 saturated carbocycles. The SMILES string of the molecule is Cc1ccc2c(c1)CNCCN2CCCN1CCOCC1. The van der Waals surface area contributed by atoms with Gasteiger partial charge in [0.2, 0.25) is 0 Å². The molecule has 0 radical (unpaired) electrons. The molecule has 1 saturated heterocycles. The van der Waals surface area contributed by atoms with Crippen LogP contribution in [0.2, 0.25) is 0 Å². The highest BCUT2D eigenvalue weighted by molar-refractivity contribution is 5.55. The molecule has 0 bridgehead atoms. The molecule has 0 atom stereocenters. The lowest BCUT2D eigenvalue weighted by atomic mass is 10.1. The summed E-state index contributed by atoms with van der Waals surface area (Å²) in [6.45, 7) is 11.7. The van der Waals surface area contributed by atoms with Gasteiger partial charge in [-0.2, -0.15) is 0 Å². The van der Waals surface area contributed by atoms with Gasteiger partial charge in [0.25, 0.3) is 0 Å². The summed E-state index contributed by atoms with van der Waals surface area (Å²) in [6.07, 6.45) is 1.23. The molecule has 116 valence electrons. The summed E-state index contributed by atoms with van der Waals surface area (Å²) in [5.41, 5.74) is 4.22. The second-order valence-electron chi connectivity index (χ2n) is 6.10. The van der Waals surface area contributed by atoms with Crippen molar-refractivity contribution >= 4 is 5.69 Å². The van der Waals surface area contributed by atoms with Gasteiger partial charge < -0.3 is 15.0 Å². The number of rotatable bonds is 4. The van der Waals surface area contributed by atoms with Gasteiger partial charge in [0.05, 0.1) is 13.2 Å². The molecule has 0 amide bonds. The zero-order valence-corrected chi connectivity index (χ0v) is 13.1. The standard InChI is InChI=1S/C17H27N3O/c1-15-3-4-17-16(13-15)14-18-5-8-20(17)7-2-6-19-9-11-21-12-10-19/h3-4,13,18H,2,5-12,14H2,1H3. The molecule has 2 heterocycles. The Morgan fingerprint density at radius 3 is 2.86 bits per heavy atom. The van der Waals surface area contributed by atoms with E-state index in [1.807, 2.05) is 0 Å². The number of nitrogens with one attached hydrogen (secondary N) is 1. The number of aryl methyl sites for hydroxylation is 1. The predicted octanol–water partition coefficient (Wildman–Crippen LogP) is 1.63. The summed E-state index contributed by atoms with van der Waals surface area (Å²) in [5, 5.41) is 3.53. The van der Waals surface area contributed by atoms with Crippen LogP contribution in [0.15, 0.2) is 18.2 Å². The fraction of sp³-hybridized carbons (Fsp3) is 0.647. The number of nitrogens with zero attached hydrogens (tertiary/aromatic N) is 2. The fourth-order valence-corrected chi connectivity index (χ4v) is 3.26. The summed E-state index contributed by atoms with van der Waals surface area (Å²) in [7, 11) is 0. The first-order valence-electron chi connectivity index (χ1n) is 8.18. The maximum absolute atomic E-state index is 5.41. The fourth-order valence-electron chi connectivity index (χ4n) is 3.26. The Morgan fingerprint density at radius 2 is 2.00 bits per heavy atom. The zero-order valence-electron chi connectivity index (χ0n) is 13.1. The zero-order chi connectivity index (χ0) is 14.5. The van der Waals surface area contributed by atoms with Crippen molar-refractivity contribution < 1.29 is 4.74 Å². The number of benzene rings is 1. The smallest absolute Gasteiger partial charge is 0.0594 e. The number of fused-ring (bicyclic) bond motifs is 1. The number of morpholine rings is 1. The second-order valence-corrected chi connectivity index (χ2v) is 6.10. The molecular weight excluding hydrogens is 262 g/mol. The van der Waals surface area contributed by atoms with E-state index in [1.54, 1.807) is 0 Å². The second kappa shape index (κ2) is 7.25. The van der Waals surface area contributed by atoms with E-state index < -0.39 is 0 Å². The lowest BCUT2D eigenvalue weighted by Crippen LogP contribution is -2.38. The third kappa shape index (κ3) is 3.96. The molecule has 1 fully saturated rings. The monoisotopic (exact) mass is 289 g/mol. The van der Waals surface area contributed by atoms with Gasteiger partial charge in [-0.05, 0) is 25.0 Å².